The molecule has 0 amide bonds. The zero-order valence-corrected chi connectivity index (χ0v) is 8.96. The van der Waals surface area contributed by atoms with Crippen LogP contribution in [-0.2, 0) is 0 Å². The van der Waals surface area contributed by atoms with Gasteiger partial charge in [-0.1, -0.05) is 24.6 Å². The van der Waals surface area contributed by atoms with Gasteiger partial charge in [-0.15, -0.1) is 10.2 Å². The Kier molecular flexibility index (Phi) is 3.08. The molecule has 1 saturated carbocycles. The highest BCUT2D eigenvalue weighted by atomic mass is 32.2. The van der Waals surface area contributed by atoms with E-state index in [4.69, 9.17) is 4.42 Å². The highest BCUT2D eigenvalue weighted by Crippen LogP contribution is 2.32. The zero-order chi connectivity index (χ0) is 9.97. The summed E-state index contributed by atoms with van der Waals surface area (Å²) in [5.41, 5.74) is 0. The SMILES string of the molecule is Cc1nnc(S[C@@H]2CCCC[C@H]2O)o1. The quantitative estimate of drug-likeness (QED) is 0.813. The van der Waals surface area contributed by atoms with Crippen molar-refractivity contribution in [3.63, 3.8) is 0 Å². The minimum Gasteiger partial charge on any atom is -0.416 e. The first-order valence-electron chi connectivity index (χ1n) is 4.90. The number of aliphatic hydroxyl groups is 1. The van der Waals surface area contributed by atoms with Gasteiger partial charge in [0.25, 0.3) is 5.22 Å². The molecular weight excluding hydrogens is 200 g/mol. The first kappa shape index (κ1) is 9.98. The number of aromatic nitrogens is 2. The predicted octanol–water partition coefficient (Wildman–Crippen LogP) is 1.77. The standard InChI is InChI=1S/C9H14N2O2S/c1-6-10-11-9(13-6)14-8-5-3-2-4-7(8)12/h7-8,12H,2-5H2,1H3/t7-,8-/m1/s1. The van der Waals surface area contributed by atoms with Crippen LogP contribution in [0.5, 0.6) is 0 Å². The average molecular weight is 214 g/mol. The molecule has 1 aromatic rings. The van der Waals surface area contributed by atoms with E-state index in [1.807, 2.05) is 0 Å². The molecule has 1 aliphatic carbocycles. The number of nitrogens with zero attached hydrogens (tertiary/aromatic N) is 2. The van der Waals surface area contributed by atoms with Gasteiger partial charge in [-0.25, -0.2) is 0 Å². The Hall–Kier alpha value is -0.550. The van der Waals surface area contributed by atoms with Crippen LogP contribution in [-0.4, -0.2) is 26.7 Å². The number of aliphatic hydroxyl groups excluding tert-OH is 1. The van der Waals surface area contributed by atoms with Crippen LogP contribution in [0.1, 0.15) is 31.6 Å². The molecule has 5 heteroatoms. The lowest BCUT2D eigenvalue weighted by molar-refractivity contribution is 0.136. The van der Waals surface area contributed by atoms with Crippen molar-refractivity contribution in [2.45, 2.75) is 49.2 Å². The summed E-state index contributed by atoms with van der Waals surface area (Å²) in [6.45, 7) is 1.77. The van der Waals surface area contributed by atoms with Crippen LogP contribution >= 0.6 is 11.8 Å². The lowest BCUT2D eigenvalue weighted by atomic mass is 9.97. The molecule has 1 heterocycles. The van der Waals surface area contributed by atoms with Crippen LogP contribution < -0.4 is 0 Å². The number of hydrogen-bond donors (Lipinski definition) is 1. The minimum absolute atomic E-state index is 0.221. The third-order valence-electron chi connectivity index (χ3n) is 2.43. The van der Waals surface area contributed by atoms with E-state index in [1.54, 1.807) is 6.92 Å². The third-order valence-corrected chi connectivity index (χ3v) is 3.65. The molecule has 14 heavy (non-hydrogen) atoms. The Morgan fingerprint density at radius 2 is 2.14 bits per heavy atom. The van der Waals surface area contributed by atoms with Gasteiger partial charge in [-0.3, -0.25) is 0 Å². The van der Waals surface area contributed by atoms with Gasteiger partial charge in [0, 0.05) is 12.2 Å². The van der Waals surface area contributed by atoms with E-state index in [0.29, 0.717) is 11.1 Å². The van der Waals surface area contributed by atoms with Crippen molar-refractivity contribution >= 4 is 11.8 Å². The summed E-state index contributed by atoms with van der Waals surface area (Å²) in [6, 6.07) is 0. The summed E-state index contributed by atoms with van der Waals surface area (Å²) in [4.78, 5) is 0. The molecular formula is C9H14N2O2S. The van der Waals surface area contributed by atoms with Crippen molar-refractivity contribution in [3.8, 4) is 0 Å². The van der Waals surface area contributed by atoms with Crippen molar-refractivity contribution in [3.05, 3.63) is 5.89 Å². The number of rotatable bonds is 2. The van der Waals surface area contributed by atoms with Crippen LogP contribution in [0.4, 0.5) is 0 Å². The van der Waals surface area contributed by atoms with Gasteiger partial charge >= 0.3 is 0 Å². The molecule has 0 aromatic carbocycles. The third kappa shape index (κ3) is 2.27. The molecule has 0 radical (unpaired) electrons. The van der Waals surface area contributed by atoms with Crippen molar-refractivity contribution in [2.75, 3.05) is 0 Å². The van der Waals surface area contributed by atoms with Gasteiger partial charge < -0.3 is 9.52 Å². The summed E-state index contributed by atoms with van der Waals surface area (Å²) in [5.74, 6) is 0.581. The van der Waals surface area contributed by atoms with Crippen LogP contribution in [0.25, 0.3) is 0 Å². The Labute approximate surface area is 87.1 Å². The summed E-state index contributed by atoms with van der Waals surface area (Å²) in [5, 5.41) is 18.2. The van der Waals surface area contributed by atoms with Gasteiger partial charge in [-0.2, -0.15) is 0 Å². The maximum absolute atomic E-state index is 9.73. The summed E-state index contributed by atoms with van der Waals surface area (Å²) in [6.07, 6.45) is 4.02. The monoisotopic (exact) mass is 214 g/mol. The lowest BCUT2D eigenvalue weighted by Gasteiger charge is -2.25. The maximum Gasteiger partial charge on any atom is 0.276 e. The second kappa shape index (κ2) is 4.31. The molecule has 1 N–H and O–H groups in total. The Bertz CT molecular complexity index is 303. The maximum atomic E-state index is 9.73. The molecule has 78 valence electrons. The second-order valence-corrected chi connectivity index (χ2v) is 4.79. The smallest absolute Gasteiger partial charge is 0.276 e. The summed E-state index contributed by atoms with van der Waals surface area (Å²) in [7, 11) is 0. The zero-order valence-electron chi connectivity index (χ0n) is 8.14. The molecule has 2 rings (SSSR count). The molecule has 0 bridgehead atoms. The normalized spacial score (nSPS) is 27.9. The van der Waals surface area contributed by atoms with E-state index < -0.39 is 0 Å². The van der Waals surface area contributed by atoms with Gasteiger partial charge in [0.05, 0.1) is 6.10 Å². The summed E-state index contributed by atoms with van der Waals surface area (Å²) < 4.78 is 5.26. The Morgan fingerprint density at radius 1 is 1.36 bits per heavy atom. The van der Waals surface area contributed by atoms with Crippen LogP contribution in [0.15, 0.2) is 9.64 Å². The predicted molar refractivity (Wildman–Crippen MR) is 53.2 cm³/mol. The van der Waals surface area contributed by atoms with E-state index in [1.165, 1.54) is 18.2 Å². The van der Waals surface area contributed by atoms with Crippen molar-refractivity contribution < 1.29 is 9.52 Å². The highest BCUT2D eigenvalue weighted by molar-refractivity contribution is 7.99. The fourth-order valence-corrected chi connectivity index (χ4v) is 2.76. The number of thioether (sulfide) groups is 1. The van der Waals surface area contributed by atoms with Crippen molar-refractivity contribution in [1.82, 2.24) is 10.2 Å². The molecule has 0 unspecified atom stereocenters. The fourth-order valence-electron chi connectivity index (χ4n) is 1.67. The molecule has 2 atom stereocenters. The average Bonchev–Trinajstić information content (AvgIpc) is 2.56. The van der Waals surface area contributed by atoms with Crippen LogP contribution in [0.3, 0.4) is 0 Å². The number of hydrogen-bond acceptors (Lipinski definition) is 5. The second-order valence-electron chi connectivity index (χ2n) is 3.60. The van der Waals surface area contributed by atoms with Gasteiger partial charge in [0.1, 0.15) is 0 Å². The molecule has 0 saturated heterocycles. The molecule has 0 spiro atoms. The van der Waals surface area contributed by atoms with E-state index in [9.17, 15) is 5.11 Å². The van der Waals surface area contributed by atoms with E-state index in [-0.39, 0.29) is 11.4 Å². The van der Waals surface area contributed by atoms with Crippen molar-refractivity contribution in [1.29, 1.82) is 0 Å². The molecule has 1 aromatic heterocycles. The molecule has 1 aliphatic rings. The summed E-state index contributed by atoms with van der Waals surface area (Å²) >= 11 is 1.50. The van der Waals surface area contributed by atoms with Gasteiger partial charge in [-0.05, 0) is 12.8 Å². The number of aryl methyl sites for hydroxylation is 1. The first-order chi connectivity index (χ1) is 6.75. The molecule has 0 aliphatic heterocycles. The van der Waals surface area contributed by atoms with Crippen LogP contribution in [0.2, 0.25) is 0 Å². The lowest BCUT2D eigenvalue weighted by Crippen LogP contribution is -2.26. The van der Waals surface area contributed by atoms with Crippen LogP contribution in [0, 0.1) is 6.92 Å². The Balaban J connectivity index is 1.95. The first-order valence-corrected chi connectivity index (χ1v) is 5.78. The van der Waals surface area contributed by atoms with E-state index >= 15 is 0 Å². The largest absolute Gasteiger partial charge is 0.416 e. The van der Waals surface area contributed by atoms with E-state index in [0.717, 1.165) is 19.3 Å². The topological polar surface area (TPSA) is 59.2 Å². The molecule has 1 fully saturated rings. The highest BCUT2D eigenvalue weighted by Gasteiger charge is 2.25. The van der Waals surface area contributed by atoms with Crippen molar-refractivity contribution in [2.24, 2.45) is 0 Å². The van der Waals surface area contributed by atoms with E-state index in [2.05, 4.69) is 10.2 Å². The molecule has 4 nitrogen and oxygen atoms in total. The fraction of sp³-hybridized carbons (Fsp3) is 0.778. The van der Waals surface area contributed by atoms with Gasteiger partial charge in [0.15, 0.2) is 0 Å². The van der Waals surface area contributed by atoms with Gasteiger partial charge in [0.2, 0.25) is 5.89 Å². The Morgan fingerprint density at radius 3 is 2.79 bits per heavy atom. The minimum atomic E-state index is -0.221.